The van der Waals surface area contributed by atoms with Crippen molar-refractivity contribution in [2.75, 3.05) is 31.5 Å². The van der Waals surface area contributed by atoms with Crippen LogP contribution in [0.2, 0.25) is 0 Å². The van der Waals surface area contributed by atoms with E-state index in [0.717, 1.165) is 4.90 Å². The van der Waals surface area contributed by atoms with Crippen molar-refractivity contribution >= 4 is 23.5 Å². The smallest absolute Gasteiger partial charge is 0.375 e. The van der Waals surface area contributed by atoms with Gasteiger partial charge in [-0.3, -0.25) is 14.5 Å². The lowest BCUT2D eigenvalue weighted by Crippen LogP contribution is -2.38. The van der Waals surface area contributed by atoms with E-state index in [-0.39, 0.29) is 24.3 Å². The van der Waals surface area contributed by atoms with Gasteiger partial charge in [0.2, 0.25) is 5.91 Å². The minimum Gasteiger partial charge on any atom is -0.375 e. The zero-order chi connectivity index (χ0) is 17.7. The Labute approximate surface area is 135 Å². The fourth-order valence-electron chi connectivity index (χ4n) is 2.09. The van der Waals surface area contributed by atoms with E-state index >= 15 is 0 Å². The number of rotatable bonds is 5. The van der Waals surface area contributed by atoms with Crippen molar-refractivity contribution in [1.82, 2.24) is 15.5 Å². The molecule has 0 radical (unpaired) electrons. The zero-order valence-corrected chi connectivity index (χ0v) is 12.4. The predicted octanol–water partition coefficient (Wildman–Crippen LogP) is 0.942. The van der Waals surface area contributed by atoms with Crippen molar-refractivity contribution in [2.24, 2.45) is 0 Å². The molecule has 1 aromatic rings. The van der Waals surface area contributed by atoms with E-state index < -0.39 is 30.6 Å². The summed E-state index contributed by atoms with van der Waals surface area (Å²) in [5.41, 5.74) is 0.172. The average Bonchev–Trinajstić information content (AvgIpc) is 2.96. The third-order valence-electron chi connectivity index (χ3n) is 3.21. The van der Waals surface area contributed by atoms with Crippen molar-refractivity contribution in [3.63, 3.8) is 0 Å². The fourth-order valence-corrected chi connectivity index (χ4v) is 2.09. The number of carbonyl (C=O) groups is 3. The van der Waals surface area contributed by atoms with E-state index in [4.69, 9.17) is 0 Å². The van der Waals surface area contributed by atoms with Crippen LogP contribution in [0.3, 0.4) is 0 Å². The standard InChI is InChI=1S/C14H15F3N4O3/c15-14(16,17)8-20-12(23)9-3-1-2-4-10(9)19-7-11(22)21-6-5-18-13(21)24/h1-4,19H,5-8H2,(H,18,24)(H,20,23). The molecule has 0 atom stereocenters. The molecule has 0 aliphatic carbocycles. The first-order valence-corrected chi connectivity index (χ1v) is 7.04. The van der Waals surface area contributed by atoms with Crippen LogP contribution in [0.1, 0.15) is 10.4 Å². The summed E-state index contributed by atoms with van der Waals surface area (Å²) in [7, 11) is 0. The Bertz CT molecular complexity index is 648. The molecule has 1 aromatic carbocycles. The Morgan fingerprint density at radius 2 is 1.96 bits per heavy atom. The van der Waals surface area contributed by atoms with Crippen molar-refractivity contribution in [2.45, 2.75) is 6.18 Å². The monoisotopic (exact) mass is 344 g/mol. The van der Waals surface area contributed by atoms with Gasteiger partial charge >= 0.3 is 12.2 Å². The van der Waals surface area contributed by atoms with Gasteiger partial charge in [0.15, 0.2) is 0 Å². The molecule has 1 aliphatic rings. The SMILES string of the molecule is O=C(NCC(F)(F)F)c1ccccc1NCC(=O)N1CCNC1=O. The summed E-state index contributed by atoms with van der Waals surface area (Å²) in [6, 6.07) is 5.35. The number of halogens is 3. The first-order valence-electron chi connectivity index (χ1n) is 7.04. The molecule has 0 spiro atoms. The highest BCUT2D eigenvalue weighted by Gasteiger charge is 2.29. The maximum absolute atomic E-state index is 12.2. The van der Waals surface area contributed by atoms with Crippen molar-refractivity contribution in [3.05, 3.63) is 29.8 Å². The van der Waals surface area contributed by atoms with E-state index in [1.807, 2.05) is 0 Å². The van der Waals surface area contributed by atoms with Crippen LogP contribution in [0, 0.1) is 0 Å². The number of urea groups is 1. The quantitative estimate of drug-likeness (QED) is 0.742. The van der Waals surface area contributed by atoms with Crippen molar-refractivity contribution in [3.8, 4) is 0 Å². The van der Waals surface area contributed by atoms with Gasteiger partial charge in [-0.05, 0) is 12.1 Å². The molecule has 7 nitrogen and oxygen atoms in total. The van der Waals surface area contributed by atoms with Crippen LogP contribution in [0.25, 0.3) is 0 Å². The molecule has 2 rings (SSSR count). The van der Waals surface area contributed by atoms with Crippen molar-refractivity contribution in [1.29, 1.82) is 0 Å². The average molecular weight is 344 g/mol. The number of nitrogens with one attached hydrogen (secondary N) is 3. The highest BCUT2D eigenvalue weighted by Crippen LogP contribution is 2.17. The van der Waals surface area contributed by atoms with Gasteiger partial charge in [0.05, 0.1) is 12.1 Å². The van der Waals surface area contributed by atoms with Crippen LogP contribution in [0.4, 0.5) is 23.7 Å². The molecule has 0 bridgehead atoms. The Morgan fingerprint density at radius 1 is 1.25 bits per heavy atom. The van der Waals surface area contributed by atoms with Crippen molar-refractivity contribution < 1.29 is 27.6 Å². The third-order valence-corrected chi connectivity index (χ3v) is 3.21. The molecule has 0 saturated carbocycles. The molecule has 1 aliphatic heterocycles. The second kappa shape index (κ2) is 7.20. The number of hydrogen-bond donors (Lipinski definition) is 3. The van der Waals surface area contributed by atoms with Gasteiger partial charge in [-0.15, -0.1) is 0 Å². The molecule has 1 saturated heterocycles. The summed E-state index contributed by atoms with van der Waals surface area (Å²) in [4.78, 5) is 36.2. The van der Waals surface area contributed by atoms with Gasteiger partial charge in [-0.1, -0.05) is 12.1 Å². The Morgan fingerprint density at radius 3 is 2.58 bits per heavy atom. The fraction of sp³-hybridized carbons (Fsp3) is 0.357. The maximum Gasteiger partial charge on any atom is 0.405 e. The van der Waals surface area contributed by atoms with Gasteiger partial charge in [-0.2, -0.15) is 13.2 Å². The lowest BCUT2D eigenvalue weighted by Gasteiger charge is -2.15. The van der Waals surface area contributed by atoms with Gasteiger partial charge in [0.1, 0.15) is 6.54 Å². The lowest BCUT2D eigenvalue weighted by atomic mass is 10.1. The minimum atomic E-state index is -4.52. The van der Waals surface area contributed by atoms with E-state index in [9.17, 15) is 27.6 Å². The first-order chi connectivity index (χ1) is 11.3. The molecule has 130 valence electrons. The molecule has 3 N–H and O–H groups in total. The maximum atomic E-state index is 12.2. The molecule has 4 amide bonds. The molecule has 0 unspecified atom stereocenters. The van der Waals surface area contributed by atoms with E-state index in [1.54, 1.807) is 11.4 Å². The van der Waals surface area contributed by atoms with E-state index in [0.29, 0.717) is 6.54 Å². The zero-order valence-electron chi connectivity index (χ0n) is 12.4. The lowest BCUT2D eigenvalue weighted by molar-refractivity contribution is -0.125. The van der Waals surface area contributed by atoms with Crippen LogP contribution in [-0.2, 0) is 4.79 Å². The summed E-state index contributed by atoms with van der Waals surface area (Å²) in [5, 5.41) is 6.92. The number of alkyl halides is 3. The number of carbonyl (C=O) groups excluding carboxylic acids is 3. The second-order valence-corrected chi connectivity index (χ2v) is 4.97. The third kappa shape index (κ3) is 4.61. The number of benzene rings is 1. The van der Waals surface area contributed by atoms with Gasteiger partial charge in [0.25, 0.3) is 5.91 Å². The van der Waals surface area contributed by atoms with E-state index in [1.165, 1.54) is 18.2 Å². The molecular formula is C14H15F3N4O3. The number of nitrogens with zero attached hydrogens (tertiary/aromatic N) is 1. The molecule has 24 heavy (non-hydrogen) atoms. The Hall–Kier alpha value is -2.78. The van der Waals surface area contributed by atoms with Crippen LogP contribution in [0.15, 0.2) is 24.3 Å². The number of hydrogen-bond acceptors (Lipinski definition) is 4. The molecule has 0 aromatic heterocycles. The highest BCUT2D eigenvalue weighted by molar-refractivity contribution is 6.01. The Balaban J connectivity index is 1.99. The second-order valence-electron chi connectivity index (χ2n) is 4.97. The van der Waals surface area contributed by atoms with Gasteiger partial charge in [0, 0.05) is 18.8 Å². The highest BCUT2D eigenvalue weighted by atomic mass is 19.4. The van der Waals surface area contributed by atoms with E-state index in [2.05, 4.69) is 10.6 Å². The molecule has 1 heterocycles. The van der Waals surface area contributed by atoms with Crippen LogP contribution in [0.5, 0.6) is 0 Å². The van der Waals surface area contributed by atoms with Gasteiger partial charge in [-0.25, -0.2) is 4.79 Å². The minimum absolute atomic E-state index is 0.0274. The molecule has 10 heteroatoms. The summed E-state index contributed by atoms with van der Waals surface area (Å²) < 4.78 is 36.5. The number of imide groups is 1. The summed E-state index contributed by atoms with van der Waals surface area (Å²) in [6.45, 7) is -1.11. The van der Waals surface area contributed by atoms with Crippen LogP contribution in [-0.4, -0.2) is 55.1 Å². The summed E-state index contributed by atoms with van der Waals surface area (Å²) >= 11 is 0. The first kappa shape index (κ1) is 17.6. The summed E-state index contributed by atoms with van der Waals surface area (Å²) in [5.74, 6) is -1.42. The molecule has 1 fully saturated rings. The Kier molecular flexibility index (Phi) is 5.27. The molecular weight excluding hydrogens is 329 g/mol. The number of para-hydroxylation sites is 1. The summed E-state index contributed by atoms with van der Waals surface area (Å²) in [6.07, 6.45) is -4.52. The largest absolute Gasteiger partial charge is 0.405 e. The van der Waals surface area contributed by atoms with Crippen LogP contribution < -0.4 is 16.0 Å². The number of amides is 4. The predicted molar refractivity (Wildman–Crippen MR) is 78.4 cm³/mol. The van der Waals surface area contributed by atoms with Crippen LogP contribution >= 0.6 is 0 Å². The topological polar surface area (TPSA) is 90.5 Å². The number of anilines is 1. The normalized spacial score (nSPS) is 14.3. The van der Waals surface area contributed by atoms with Gasteiger partial charge < -0.3 is 16.0 Å².